The molecule has 0 radical (unpaired) electrons. The zero-order valence-electron chi connectivity index (χ0n) is 10.5. The third kappa shape index (κ3) is 1.95. The van der Waals surface area contributed by atoms with Gasteiger partial charge in [0.05, 0.1) is 12.6 Å². The van der Waals surface area contributed by atoms with Crippen molar-refractivity contribution >= 4 is 15.5 Å². The number of aryl methyl sites for hydroxylation is 1. The number of methoxy groups -OCH3 is 1. The van der Waals surface area contributed by atoms with Crippen molar-refractivity contribution in [2.24, 2.45) is 0 Å². The minimum atomic E-state index is -3.58. The van der Waals surface area contributed by atoms with Crippen molar-refractivity contribution in [1.29, 1.82) is 0 Å². The van der Waals surface area contributed by atoms with E-state index in [2.05, 4.69) is 9.71 Å². The first-order chi connectivity index (χ1) is 8.51. The molecule has 2 aromatic rings. The Morgan fingerprint density at radius 2 is 2.17 bits per heavy atom. The highest BCUT2D eigenvalue weighted by Crippen LogP contribution is 2.23. The lowest BCUT2D eigenvalue weighted by atomic mass is 10.4. The van der Waals surface area contributed by atoms with E-state index >= 15 is 0 Å². The maximum Gasteiger partial charge on any atom is 0.260 e. The molecule has 0 fully saturated rings. The normalized spacial score (nSPS) is 11.9. The first kappa shape index (κ1) is 12.8. The van der Waals surface area contributed by atoms with Crippen LogP contribution < -0.4 is 9.46 Å². The molecule has 0 aliphatic heterocycles. The van der Waals surface area contributed by atoms with E-state index in [1.807, 2.05) is 0 Å². The summed E-state index contributed by atoms with van der Waals surface area (Å²) in [6.45, 7) is 3.79. The van der Waals surface area contributed by atoms with Crippen molar-refractivity contribution in [2.45, 2.75) is 18.9 Å². The molecule has 0 atom stereocenters. The summed E-state index contributed by atoms with van der Waals surface area (Å²) in [6, 6.07) is 5.19. The van der Waals surface area contributed by atoms with Crippen LogP contribution in [-0.4, -0.2) is 31.5 Å². The molecule has 0 saturated carbocycles. The smallest absolute Gasteiger partial charge is 0.260 e. The van der Waals surface area contributed by atoms with Gasteiger partial charge in [-0.2, -0.15) is 0 Å². The van der Waals surface area contributed by atoms with Gasteiger partial charge in [0.25, 0.3) is 10.0 Å². The fourth-order valence-electron chi connectivity index (χ4n) is 1.86. The third-order valence-corrected chi connectivity index (χ3v) is 4.04. The highest BCUT2D eigenvalue weighted by Gasteiger charge is 2.22. The lowest BCUT2D eigenvalue weighted by molar-refractivity contribution is 0.391. The maximum absolute atomic E-state index is 12.0. The van der Waals surface area contributed by atoms with Gasteiger partial charge >= 0.3 is 0 Å². The molecule has 0 bridgehead atoms. The molecule has 0 aliphatic carbocycles. The molecular weight excluding hydrogens is 254 g/mol. The van der Waals surface area contributed by atoms with Crippen molar-refractivity contribution in [1.82, 2.24) is 14.1 Å². The number of imidazole rings is 1. The van der Waals surface area contributed by atoms with Crippen molar-refractivity contribution in [3.05, 3.63) is 24.0 Å². The van der Waals surface area contributed by atoms with Crippen LogP contribution in [0.25, 0.3) is 5.52 Å². The number of fused-ring (bicyclic) bond motifs is 1. The van der Waals surface area contributed by atoms with Gasteiger partial charge in [-0.15, -0.1) is 0 Å². The number of nitrogens with zero attached hydrogens (tertiary/aromatic N) is 2. The Balaban J connectivity index is 2.76. The lowest BCUT2D eigenvalue weighted by Crippen LogP contribution is -2.23. The van der Waals surface area contributed by atoms with Crippen molar-refractivity contribution < 1.29 is 13.2 Å². The topological polar surface area (TPSA) is 72.7 Å². The molecular formula is C11H15N3O3S. The highest BCUT2D eigenvalue weighted by molar-refractivity contribution is 7.89. The molecule has 1 N–H and O–H groups in total. The van der Waals surface area contributed by atoms with Crippen LogP contribution in [0.4, 0.5) is 0 Å². The fraction of sp³-hybridized carbons (Fsp3) is 0.364. The summed E-state index contributed by atoms with van der Waals surface area (Å²) in [7, 11) is -2.04. The average molecular weight is 269 g/mol. The number of nitrogens with one attached hydrogen (secondary N) is 1. The van der Waals surface area contributed by atoms with Gasteiger partial charge in [0.1, 0.15) is 5.82 Å². The van der Waals surface area contributed by atoms with Crippen LogP contribution in [0.2, 0.25) is 0 Å². The number of rotatable bonds is 4. The van der Waals surface area contributed by atoms with E-state index in [4.69, 9.17) is 4.74 Å². The zero-order valence-corrected chi connectivity index (χ0v) is 11.3. The Hall–Kier alpha value is -1.60. The number of hydrogen-bond donors (Lipinski definition) is 1. The Labute approximate surface area is 106 Å². The second kappa shape index (κ2) is 4.58. The Bertz CT molecular complexity index is 676. The highest BCUT2D eigenvalue weighted by atomic mass is 32.2. The van der Waals surface area contributed by atoms with E-state index in [0.29, 0.717) is 23.8 Å². The summed E-state index contributed by atoms with van der Waals surface area (Å²) in [5.74, 6) is 1.12. The van der Waals surface area contributed by atoms with Crippen molar-refractivity contribution in [3.63, 3.8) is 0 Å². The van der Waals surface area contributed by atoms with Crippen molar-refractivity contribution in [2.75, 3.05) is 13.7 Å². The molecule has 0 saturated heterocycles. The summed E-state index contributed by atoms with van der Waals surface area (Å²) in [6.07, 6.45) is 0. The number of pyridine rings is 1. The summed E-state index contributed by atoms with van der Waals surface area (Å²) < 4.78 is 33.4. The molecule has 0 aliphatic rings. The molecule has 2 rings (SSSR count). The van der Waals surface area contributed by atoms with Crippen LogP contribution in [0.3, 0.4) is 0 Å². The Morgan fingerprint density at radius 1 is 1.44 bits per heavy atom. The SMILES string of the molecule is CCNS(=O)(=O)c1nc(C)n2c(OC)cccc12. The van der Waals surface area contributed by atoms with Crippen LogP contribution in [0.5, 0.6) is 5.88 Å². The Morgan fingerprint density at radius 3 is 2.78 bits per heavy atom. The predicted octanol–water partition coefficient (Wildman–Crippen LogP) is 0.950. The molecule has 0 aromatic carbocycles. The minimum absolute atomic E-state index is 0.0285. The van der Waals surface area contributed by atoms with Gasteiger partial charge in [-0.05, 0) is 19.1 Å². The van der Waals surface area contributed by atoms with Crippen molar-refractivity contribution in [3.8, 4) is 5.88 Å². The molecule has 7 heteroatoms. The number of aromatic nitrogens is 2. The monoisotopic (exact) mass is 269 g/mol. The molecule has 0 unspecified atom stereocenters. The first-order valence-electron chi connectivity index (χ1n) is 5.53. The van der Waals surface area contributed by atoms with Gasteiger partial charge < -0.3 is 4.74 Å². The van der Waals surface area contributed by atoms with E-state index in [9.17, 15) is 8.42 Å². The lowest BCUT2D eigenvalue weighted by Gasteiger charge is -2.05. The van der Waals surface area contributed by atoms with Gasteiger partial charge in [0.2, 0.25) is 0 Å². The van der Waals surface area contributed by atoms with Gasteiger partial charge in [0.15, 0.2) is 10.9 Å². The molecule has 98 valence electrons. The van der Waals surface area contributed by atoms with E-state index in [0.717, 1.165) is 0 Å². The third-order valence-electron chi connectivity index (χ3n) is 2.56. The number of hydrogen-bond acceptors (Lipinski definition) is 4. The van der Waals surface area contributed by atoms with E-state index in [-0.39, 0.29) is 5.03 Å². The molecule has 18 heavy (non-hydrogen) atoms. The predicted molar refractivity (Wildman–Crippen MR) is 67.3 cm³/mol. The molecule has 2 heterocycles. The maximum atomic E-state index is 12.0. The molecule has 0 amide bonds. The summed E-state index contributed by atoms with van der Waals surface area (Å²) in [4.78, 5) is 4.12. The van der Waals surface area contributed by atoms with Crippen LogP contribution in [0, 0.1) is 6.92 Å². The first-order valence-corrected chi connectivity index (χ1v) is 7.01. The molecule has 0 spiro atoms. The average Bonchev–Trinajstić information content (AvgIpc) is 2.68. The largest absolute Gasteiger partial charge is 0.482 e. The Kier molecular flexibility index (Phi) is 3.27. The quantitative estimate of drug-likeness (QED) is 0.897. The van der Waals surface area contributed by atoms with E-state index in [1.54, 1.807) is 36.4 Å². The van der Waals surface area contributed by atoms with Crippen LogP contribution in [0.1, 0.15) is 12.7 Å². The fourth-order valence-corrected chi connectivity index (χ4v) is 3.06. The summed E-state index contributed by atoms with van der Waals surface area (Å²) in [5, 5.41) is 0.0285. The second-order valence-electron chi connectivity index (χ2n) is 3.75. The minimum Gasteiger partial charge on any atom is -0.482 e. The van der Waals surface area contributed by atoms with Gasteiger partial charge in [-0.3, -0.25) is 4.40 Å². The molecule has 2 aromatic heterocycles. The summed E-state index contributed by atoms with van der Waals surface area (Å²) >= 11 is 0. The second-order valence-corrected chi connectivity index (χ2v) is 5.44. The standard InChI is InChI=1S/C11H15N3O3S/c1-4-12-18(15,16)11-9-6-5-7-10(17-3)14(9)8(2)13-11/h5-7,12H,4H2,1-3H3. The van der Waals surface area contributed by atoms with Gasteiger partial charge in [-0.25, -0.2) is 18.1 Å². The number of ether oxygens (including phenoxy) is 1. The van der Waals surface area contributed by atoms with Gasteiger partial charge in [-0.1, -0.05) is 13.0 Å². The zero-order chi connectivity index (χ0) is 13.3. The number of sulfonamides is 1. The van der Waals surface area contributed by atoms with Crippen LogP contribution >= 0.6 is 0 Å². The molecule has 6 nitrogen and oxygen atoms in total. The summed E-state index contributed by atoms with van der Waals surface area (Å²) in [5.41, 5.74) is 0.507. The van der Waals surface area contributed by atoms with E-state index < -0.39 is 10.0 Å². The van der Waals surface area contributed by atoms with E-state index in [1.165, 1.54) is 7.11 Å². The van der Waals surface area contributed by atoms with Crippen LogP contribution in [-0.2, 0) is 10.0 Å². The van der Waals surface area contributed by atoms with Gasteiger partial charge in [0, 0.05) is 6.54 Å². The van der Waals surface area contributed by atoms with Crippen LogP contribution in [0.15, 0.2) is 23.2 Å².